The monoisotopic (exact) mass is 281 g/mol. The lowest BCUT2D eigenvalue weighted by Crippen LogP contribution is -1.86. The van der Waals surface area contributed by atoms with Crippen LogP contribution in [0.25, 0.3) is 21.0 Å². The Hall–Kier alpha value is -2.13. The van der Waals surface area contributed by atoms with E-state index in [1.165, 1.54) is 10.4 Å². The molecule has 0 radical (unpaired) electrons. The first-order valence-electron chi connectivity index (χ1n) is 6.46. The van der Waals surface area contributed by atoms with Gasteiger partial charge in [0, 0.05) is 0 Å². The first-order valence-corrected chi connectivity index (χ1v) is 7.27. The minimum Gasteiger partial charge on any atom is -0.496 e. The van der Waals surface area contributed by atoms with E-state index in [1.54, 1.807) is 18.4 Å². The molecular formula is C17H15NOS. The molecule has 0 fully saturated rings. The molecular weight excluding hydrogens is 266 g/mol. The van der Waals surface area contributed by atoms with Crippen LogP contribution in [0.3, 0.4) is 0 Å². The lowest BCUT2D eigenvalue weighted by Gasteiger charge is -2.04. The quantitative estimate of drug-likeness (QED) is 0.688. The highest BCUT2D eigenvalue weighted by Crippen LogP contribution is 2.38. The van der Waals surface area contributed by atoms with Gasteiger partial charge in [0.1, 0.15) is 10.8 Å². The number of nitrogens with zero attached hydrogens (tertiary/aromatic N) is 1. The summed E-state index contributed by atoms with van der Waals surface area (Å²) in [6, 6.07) is 18.4. The first kappa shape index (κ1) is 12.9. The van der Waals surface area contributed by atoms with Crippen LogP contribution in [0.1, 0.15) is 5.69 Å². The average Bonchev–Trinajstić information content (AvgIpc) is 2.90. The van der Waals surface area contributed by atoms with E-state index in [2.05, 4.69) is 31.2 Å². The maximum atomic E-state index is 5.42. The SMILES string of the molecule is COc1ccccc1-c1nc(C)c(-c2ccccc2)s1. The summed E-state index contributed by atoms with van der Waals surface area (Å²) in [5.74, 6) is 0.862. The molecule has 0 aliphatic heterocycles. The number of rotatable bonds is 3. The number of hydrogen-bond donors (Lipinski definition) is 0. The van der Waals surface area contributed by atoms with Crippen LogP contribution < -0.4 is 4.74 Å². The normalized spacial score (nSPS) is 10.5. The number of benzene rings is 2. The van der Waals surface area contributed by atoms with Gasteiger partial charge in [0.15, 0.2) is 0 Å². The summed E-state index contributed by atoms with van der Waals surface area (Å²) in [6.07, 6.45) is 0. The van der Waals surface area contributed by atoms with E-state index < -0.39 is 0 Å². The van der Waals surface area contributed by atoms with Crippen molar-refractivity contribution >= 4 is 11.3 Å². The molecule has 0 atom stereocenters. The zero-order valence-electron chi connectivity index (χ0n) is 11.5. The lowest BCUT2D eigenvalue weighted by molar-refractivity contribution is 0.416. The molecule has 0 aliphatic carbocycles. The first-order chi connectivity index (χ1) is 9.79. The van der Waals surface area contributed by atoms with Crippen LogP contribution in [-0.4, -0.2) is 12.1 Å². The molecule has 2 nitrogen and oxygen atoms in total. The summed E-state index contributed by atoms with van der Waals surface area (Å²) in [4.78, 5) is 5.92. The molecule has 1 aromatic heterocycles. The summed E-state index contributed by atoms with van der Waals surface area (Å²) in [5, 5.41) is 0.999. The highest BCUT2D eigenvalue weighted by molar-refractivity contribution is 7.18. The third kappa shape index (κ3) is 2.32. The van der Waals surface area contributed by atoms with Gasteiger partial charge >= 0.3 is 0 Å². The van der Waals surface area contributed by atoms with Crippen LogP contribution >= 0.6 is 11.3 Å². The van der Waals surface area contributed by atoms with Crippen LogP contribution in [0.4, 0.5) is 0 Å². The number of aryl methyl sites for hydroxylation is 1. The zero-order valence-corrected chi connectivity index (χ0v) is 12.3. The molecule has 3 aromatic rings. The fraction of sp³-hybridized carbons (Fsp3) is 0.118. The van der Waals surface area contributed by atoms with Crippen LogP contribution in [-0.2, 0) is 0 Å². The largest absolute Gasteiger partial charge is 0.496 e. The second kappa shape index (κ2) is 5.47. The van der Waals surface area contributed by atoms with E-state index in [4.69, 9.17) is 9.72 Å². The number of thiazole rings is 1. The number of hydrogen-bond acceptors (Lipinski definition) is 3. The van der Waals surface area contributed by atoms with Gasteiger partial charge in [-0.1, -0.05) is 42.5 Å². The number of ether oxygens (including phenoxy) is 1. The van der Waals surface area contributed by atoms with Crippen molar-refractivity contribution in [2.24, 2.45) is 0 Å². The number of para-hydroxylation sites is 1. The molecule has 0 aliphatic rings. The third-order valence-corrected chi connectivity index (χ3v) is 4.41. The van der Waals surface area contributed by atoms with Gasteiger partial charge < -0.3 is 4.74 Å². The van der Waals surface area contributed by atoms with Gasteiger partial charge in [0.2, 0.25) is 0 Å². The third-order valence-electron chi connectivity index (χ3n) is 3.17. The second-order valence-electron chi connectivity index (χ2n) is 4.50. The number of methoxy groups -OCH3 is 1. The molecule has 100 valence electrons. The van der Waals surface area contributed by atoms with Crippen LogP contribution in [0.15, 0.2) is 54.6 Å². The van der Waals surface area contributed by atoms with Crippen molar-refractivity contribution in [1.29, 1.82) is 0 Å². The van der Waals surface area contributed by atoms with Crippen molar-refractivity contribution in [3.05, 3.63) is 60.3 Å². The molecule has 3 heteroatoms. The van der Waals surface area contributed by atoms with Crippen molar-refractivity contribution in [2.45, 2.75) is 6.92 Å². The lowest BCUT2D eigenvalue weighted by atomic mass is 10.2. The molecule has 0 bridgehead atoms. The van der Waals surface area contributed by atoms with Gasteiger partial charge in [0.25, 0.3) is 0 Å². The van der Waals surface area contributed by atoms with Gasteiger partial charge in [-0.05, 0) is 24.6 Å². The van der Waals surface area contributed by atoms with Gasteiger partial charge in [-0.2, -0.15) is 0 Å². The Balaban J connectivity index is 2.09. The Morgan fingerprint density at radius 3 is 2.40 bits per heavy atom. The van der Waals surface area contributed by atoms with Gasteiger partial charge in [-0.3, -0.25) is 0 Å². The smallest absolute Gasteiger partial charge is 0.129 e. The molecule has 3 rings (SSSR count). The Kier molecular flexibility index (Phi) is 3.52. The summed E-state index contributed by atoms with van der Waals surface area (Å²) in [7, 11) is 1.69. The van der Waals surface area contributed by atoms with Gasteiger partial charge in [-0.15, -0.1) is 11.3 Å². The maximum absolute atomic E-state index is 5.42. The molecule has 0 N–H and O–H groups in total. The van der Waals surface area contributed by atoms with E-state index in [9.17, 15) is 0 Å². The number of aromatic nitrogens is 1. The molecule has 0 unspecified atom stereocenters. The zero-order chi connectivity index (χ0) is 13.9. The molecule has 0 saturated carbocycles. The van der Waals surface area contributed by atoms with Crippen LogP contribution in [0.5, 0.6) is 5.75 Å². The summed E-state index contributed by atoms with van der Waals surface area (Å²) in [6.45, 7) is 2.05. The van der Waals surface area contributed by atoms with Crippen molar-refractivity contribution in [2.75, 3.05) is 7.11 Å². The van der Waals surface area contributed by atoms with Crippen LogP contribution in [0, 0.1) is 6.92 Å². The topological polar surface area (TPSA) is 22.1 Å². The Morgan fingerprint density at radius 2 is 1.65 bits per heavy atom. The highest BCUT2D eigenvalue weighted by atomic mass is 32.1. The van der Waals surface area contributed by atoms with Crippen molar-refractivity contribution < 1.29 is 4.74 Å². The Labute approximate surface area is 122 Å². The van der Waals surface area contributed by atoms with E-state index in [0.29, 0.717) is 0 Å². The Morgan fingerprint density at radius 1 is 0.950 bits per heavy atom. The second-order valence-corrected chi connectivity index (χ2v) is 5.50. The molecule has 0 amide bonds. The van der Waals surface area contributed by atoms with Crippen molar-refractivity contribution in [1.82, 2.24) is 4.98 Å². The van der Waals surface area contributed by atoms with Crippen molar-refractivity contribution in [3.8, 4) is 26.8 Å². The minimum absolute atomic E-state index is 0.862. The standard InChI is InChI=1S/C17H15NOS/c1-12-16(13-8-4-3-5-9-13)20-17(18-12)14-10-6-7-11-15(14)19-2/h3-11H,1-2H3. The predicted octanol–water partition coefficient (Wildman–Crippen LogP) is 4.79. The molecule has 20 heavy (non-hydrogen) atoms. The fourth-order valence-electron chi connectivity index (χ4n) is 2.19. The van der Waals surface area contributed by atoms with Gasteiger partial charge in [0.05, 0.1) is 23.2 Å². The predicted molar refractivity (Wildman–Crippen MR) is 84.3 cm³/mol. The van der Waals surface area contributed by atoms with E-state index >= 15 is 0 Å². The highest BCUT2D eigenvalue weighted by Gasteiger charge is 2.13. The molecule has 2 aromatic carbocycles. The summed E-state index contributed by atoms with van der Waals surface area (Å²) in [5.41, 5.74) is 3.32. The minimum atomic E-state index is 0.862. The molecule has 0 saturated heterocycles. The fourth-order valence-corrected chi connectivity index (χ4v) is 3.29. The maximum Gasteiger partial charge on any atom is 0.129 e. The van der Waals surface area contributed by atoms with E-state index in [0.717, 1.165) is 22.0 Å². The average molecular weight is 281 g/mol. The Bertz CT molecular complexity index is 719. The molecule has 1 heterocycles. The van der Waals surface area contributed by atoms with Crippen molar-refractivity contribution in [3.63, 3.8) is 0 Å². The summed E-state index contributed by atoms with van der Waals surface area (Å²) >= 11 is 1.70. The van der Waals surface area contributed by atoms with E-state index in [1.807, 2.05) is 30.3 Å². The van der Waals surface area contributed by atoms with E-state index in [-0.39, 0.29) is 0 Å². The van der Waals surface area contributed by atoms with Gasteiger partial charge in [-0.25, -0.2) is 4.98 Å². The van der Waals surface area contributed by atoms with Crippen LogP contribution in [0.2, 0.25) is 0 Å². The molecule has 0 spiro atoms. The summed E-state index contributed by atoms with van der Waals surface area (Å²) < 4.78 is 5.42.